The molecule has 1 saturated carbocycles. The Bertz CT molecular complexity index is 956. The predicted octanol–water partition coefficient (Wildman–Crippen LogP) is 2.95. The van der Waals surface area contributed by atoms with Gasteiger partial charge in [0.15, 0.2) is 0 Å². The van der Waals surface area contributed by atoms with E-state index in [0.29, 0.717) is 6.61 Å². The molecule has 1 aliphatic heterocycles. The minimum absolute atomic E-state index is 0.0535. The van der Waals surface area contributed by atoms with E-state index in [9.17, 15) is 26.3 Å². The molecule has 1 saturated heterocycles. The van der Waals surface area contributed by atoms with Gasteiger partial charge in [0.2, 0.25) is 5.95 Å². The van der Waals surface area contributed by atoms with Crippen molar-refractivity contribution >= 4 is 17.9 Å². The number of halogens is 6. The number of rotatable bonds is 3. The second kappa shape index (κ2) is 12.3. The molecule has 2 N–H and O–H groups in total. The summed E-state index contributed by atoms with van der Waals surface area (Å²) in [5.74, 6) is -3.94. The number of ether oxygens (including phenoxy) is 2. The summed E-state index contributed by atoms with van der Waals surface area (Å²) in [6, 6.07) is 5.93. The smallest absolute Gasteiger partial charge is 0.486 e. The fourth-order valence-electron chi connectivity index (χ4n) is 3.32. The molecule has 0 bridgehead atoms. The first-order valence-corrected chi connectivity index (χ1v) is 10.1. The van der Waals surface area contributed by atoms with E-state index in [1.807, 2.05) is 18.2 Å². The average molecular weight is 526 g/mol. The molecule has 16 heteroatoms. The van der Waals surface area contributed by atoms with E-state index in [4.69, 9.17) is 29.3 Å². The Morgan fingerprint density at radius 2 is 1.56 bits per heavy atom. The molecule has 0 unspecified atom stereocenters. The highest BCUT2D eigenvalue weighted by Crippen LogP contribution is 2.34. The van der Waals surface area contributed by atoms with E-state index in [1.165, 1.54) is 0 Å². The molecule has 0 aromatic carbocycles. The minimum Gasteiger partial charge on any atom is -0.486 e. The Labute approximate surface area is 199 Å². The molecule has 1 aliphatic carbocycles. The molecular weight excluding hydrogens is 506 g/mol. The molecule has 0 spiro atoms. The highest BCUT2D eigenvalue weighted by molar-refractivity contribution is 5.73. The van der Waals surface area contributed by atoms with Crippen LogP contribution in [0.5, 0.6) is 5.75 Å². The van der Waals surface area contributed by atoms with Crippen LogP contribution in [0.3, 0.4) is 0 Å². The molecule has 2 aromatic heterocycles. The van der Waals surface area contributed by atoms with Crippen LogP contribution < -0.4 is 9.64 Å². The number of anilines is 1. The van der Waals surface area contributed by atoms with Crippen molar-refractivity contribution in [1.82, 2.24) is 15.0 Å². The third kappa shape index (κ3) is 8.51. The number of pyridine rings is 1. The summed E-state index contributed by atoms with van der Waals surface area (Å²) < 4.78 is 75.5. The number of alkyl halides is 6. The Morgan fingerprint density at radius 1 is 0.972 bits per heavy atom. The highest BCUT2D eigenvalue weighted by Gasteiger charge is 2.45. The van der Waals surface area contributed by atoms with Crippen LogP contribution in [-0.4, -0.2) is 80.9 Å². The summed E-state index contributed by atoms with van der Waals surface area (Å²) in [6.45, 7) is 1.50. The quantitative estimate of drug-likeness (QED) is 0.575. The molecule has 2 fully saturated rings. The van der Waals surface area contributed by atoms with Crippen LogP contribution in [0.25, 0.3) is 0 Å². The summed E-state index contributed by atoms with van der Waals surface area (Å²) in [5.41, 5.74) is 0. The van der Waals surface area contributed by atoms with Gasteiger partial charge >= 0.3 is 24.3 Å². The van der Waals surface area contributed by atoms with Crippen molar-refractivity contribution in [2.45, 2.75) is 43.4 Å². The number of hydrogen-bond acceptors (Lipinski definition) is 8. The zero-order chi connectivity index (χ0) is 26.9. The van der Waals surface area contributed by atoms with Gasteiger partial charge in [-0.15, -0.1) is 0 Å². The van der Waals surface area contributed by atoms with Crippen LogP contribution in [0.1, 0.15) is 12.8 Å². The first kappa shape index (κ1) is 28.5. The Balaban J connectivity index is 0.000000271. The van der Waals surface area contributed by atoms with Crippen molar-refractivity contribution in [3.05, 3.63) is 43.0 Å². The van der Waals surface area contributed by atoms with Crippen LogP contribution in [0.2, 0.25) is 0 Å². The summed E-state index contributed by atoms with van der Waals surface area (Å²) in [6.07, 6.45) is -1.01. The van der Waals surface area contributed by atoms with Crippen LogP contribution in [0.4, 0.5) is 32.3 Å². The molecule has 2 aromatic rings. The van der Waals surface area contributed by atoms with Crippen molar-refractivity contribution in [2.75, 3.05) is 18.1 Å². The average Bonchev–Trinajstić information content (AvgIpc) is 3.23. The number of hydrogen-bond donors (Lipinski definition) is 2. The van der Waals surface area contributed by atoms with Crippen molar-refractivity contribution in [2.24, 2.45) is 0 Å². The number of aliphatic carboxylic acids is 2. The molecule has 10 nitrogen and oxygen atoms in total. The lowest BCUT2D eigenvalue weighted by Crippen LogP contribution is -2.53. The normalized spacial score (nSPS) is 21.2. The predicted molar refractivity (Wildman–Crippen MR) is 108 cm³/mol. The van der Waals surface area contributed by atoms with Crippen LogP contribution in [-0.2, 0) is 14.3 Å². The molecule has 0 radical (unpaired) electrons. The Hall–Kier alpha value is -3.69. The lowest BCUT2D eigenvalue weighted by atomic mass is 10.1. The van der Waals surface area contributed by atoms with E-state index in [0.717, 1.165) is 31.1 Å². The third-order valence-electron chi connectivity index (χ3n) is 4.75. The zero-order valence-corrected chi connectivity index (χ0v) is 18.2. The molecule has 0 amide bonds. The van der Waals surface area contributed by atoms with Gasteiger partial charge in [0.25, 0.3) is 0 Å². The first-order valence-electron chi connectivity index (χ1n) is 10.1. The van der Waals surface area contributed by atoms with Gasteiger partial charge in [-0.3, -0.25) is 4.98 Å². The van der Waals surface area contributed by atoms with Crippen molar-refractivity contribution in [3.63, 3.8) is 0 Å². The fraction of sp³-hybridized carbons (Fsp3) is 0.450. The number of nitrogens with zero attached hydrogens (tertiary/aromatic N) is 4. The SMILES string of the molecule is O=C(O)C(F)(F)F.O=C(O)C(F)(F)F.c1cnc(N2CCO[C@H]3[C@H](Oc4cccnc4)CC[C@@H]32)nc1. The van der Waals surface area contributed by atoms with Gasteiger partial charge < -0.3 is 24.6 Å². The Kier molecular flexibility index (Phi) is 9.77. The Morgan fingerprint density at radius 3 is 2.06 bits per heavy atom. The van der Waals surface area contributed by atoms with Gasteiger partial charge in [-0.1, -0.05) is 0 Å². The van der Waals surface area contributed by atoms with E-state index in [1.54, 1.807) is 24.8 Å². The van der Waals surface area contributed by atoms with Crippen LogP contribution in [0, 0.1) is 0 Å². The number of aromatic nitrogens is 3. The molecule has 198 valence electrons. The molecule has 3 atom stereocenters. The second-order valence-corrected chi connectivity index (χ2v) is 7.17. The summed E-state index contributed by atoms with van der Waals surface area (Å²) in [7, 11) is 0. The minimum atomic E-state index is -5.08. The summed E-state index contributed by atoms with van der Waals surface area (Å²) in [5, 5.41) is 14.2. The molecule has 4 rings (SSSR count). The van der Waals surface area contributed by atoms with E-state index in [2.05, 4.69) is 19.9 Å². The topological polar surface area (TPSA) is 135 Å². The number of morpholine rings is 1. The van der Waals surface area contributed by atoms with Crippen molar-refractivity contribution in [3.8, 4) is 5.75 Å². The zero-order valence-electron chi connectivity index (χ0n) is 18.2. The fourth-order valence-corrected chi connectivity index (χ4v) is 3.32. The third-order valence-corrected chi connectivity index (χ3v) is 4.75. The monoisotopic (exact) mass is 526 g/mol. The lowest BCUT2D eigenvalue weighted by molar-refractivity contribution is -0.193. The second-order valence-electron chi connectivity index (χ2n) is 7.17. The van der Waals surface area contributed by atoms with Gasteiger partial charge in [0.1, 0.15) is 18.0 Å². The standard InChI is InChI=1S/C16H18N4O2.2C2HF3O2/c1-3-12(11-17-6-1)22-14-5-4-13-15(14)21-10-9-20(13)16-18-7-2-8-19-16;2*3-2(4,5)1(6)7/h1-3,6-8,11,13-15H,4-5,9-10H2;2*(H,6,7)/t13-,14+,15+;;/m0../s1. The van der Waals surface area contributed by atoms with Crippen molar-refractivity contribution < 1.29 is 55.6 Å². The first-order chi connectivity index (χ1) is 16.8. The maximum absolute atomic E-state index is 10.6. The highest BCUT2D eigenvalue weighted by atomic mass is 19.4. The maximum atomic E-state index is 10.6. The number of carbonyl (C=O) groups is 2. The van der Waals surface area contributed by atoms with Gasteiger partial charge in [0.05, 0.1) is 18.8 Å². The van der Waals surface area contributed by atoms with Gasteiger partial charge in [-0.2, -0.15) is 26.3 Å². The van der Waals surface area contributed by atoms with E-state index >= 15 is 0 Å². The van der Waals surface area contributed by atoms with E-state index < -0.39 is 24.3 Å². The van der Waals surface area contributed by atoms with Gasteiger partial charge in [0, 0.05) is 25.1 Å². The molecule has 2 aliphatic rings. The molecule has 3 heterocycles. The van der Waals surface area contributed by atoms with E-state index in [-0.39, 0.29) is 18.2 Å². The largest absolute Gasteiger partial charge is 0.490 e. The summed E-state index contributed by atoms with van der Waals surface area (Å²) >= 11 is 0. The number of carboxylic acid groups (broad SMARTS) is 2. The number of fused-ring (bicyclic) bond motifs is 1. The van der Waals surface area contributed by atoms with Crippen LogP contribution >= 0.6 is 0 Å². The van der Waals surface area contributed by atoms with Gasteiger partial charge in [-0.05, 0) is 31.0 Å². The number of carboxylic acids is 2. The van der Waals surface area contributed by atoms with Gasteiger partial charge in [-0.25, -0.2) is 19.6 Å². The summed E-state index contributed by atoms with van der Waals surface area (Å²) in [4.78, 5) is 32.9. The molecule has 36 heavy (non-hydrogen) atoms. The van der Waals surface area contributed by atoms with Crippen molar-refractivity contribution in [1.29, 1.82) is 0 Å². The van der Waals surface area contributed by atoms with Crippen LogP contribution in [0.15, 0.2) is 43.0 Å². The maximum Gasteiger partial charge on any atom is 0.490 e. The lowest BCUT2D eigenvalue weighted by Gasteiger charge is -2.38. The molecular formula is C20H20F6N4O6.